The highest BCUT2D eigenvalue weighted by atomic mass is 32.2. The molecule has 0 aliphatic rings. The largest absolute Gasteiger partial charge is 0.417 e. The number of carbonyl (C=O) groups excluding carboxylic acids is 1. The SMILES string of the molecule is O=C(NS(=O)(=O)c1ccccc1C(F)(F)F)c1ccc2c(c1)c(=O)n(-c1ccccc1)n2-c1ccccc1. The quantitative estimate of drug-likeness (QED) is 0.345. The Morgan fingerprint density at radius 1 is 0.737 bits per heavy atom. The van der Waals surface area contributed by atoms with Crippen LogP contribution in [-0.2, 0) is 16.2 Å². The van der Waals surface area contributed by atoms with Crippen molar-refractivity contribution in [2.45, 2.75) is 11.1 Å². The number of carbonyl (C=O) groups is 1. The fraction of sp³-hybridized carbons (Fsp3) is 0.0370. The molecule has 192 valence electrons. The summed E-state index contributed by atoms with van der Waals surface area (Å²) >= 11 is 0. The fourth-order valence-electron chi connectivity index (χ4n) is 4.14. The van der Waals surface area contributed by atoms with E-state index in [1.54, 1.807) is 64.0 Å². The van der Waals surface area contributed by atoms with E-state index >= 15 is 0 Å². The standard InChI is InChI=1S/C27H18F3N3O4S/c28-27(29,30)22-13-7-8-14-24(22)38(36,37)31-25(34)18-15-16-23-21(17-18)26(35)33(20-11-5-2-6-12-20)32(23)19-9-3-1-4-10-19/h1-17H,(H,31,34). The van der Waals surface area contributed by atoms with Gasteiger partial charge in [-0.05, 0) is 54.6 Å². The van der Waals surface area contributed by atoms with Crippen LogP contribution in [0.4, 0.5) is 13.2 Å². The number of para-hydroxylation sites is 2. The van der Waals surface area contributed by atoms with E-state index in [4.69, 9.17) is 0 Å². The number of amides is 1. The molecule has 4 aromatic carbocycles. The molecule has 1 heterocycles. The minimum absolute atomic E-state index is 0.110. The Hall–Kier alpha value is -4.64. The molecular formula is C27H18F3N3O4S. The number of hydrogen-bond donors (Lipinski definition) is 1. The number of sulfonamides is 1. The van der Waals surface area contributed by atoms with Gasteiger partial charge in [0.05, 0.1) is 32.7 Å². The second kappa shape index (κ2) is 9.34. The number of alkyl halides is 3. The molecule has 0 bridgehead atoms. The summed E-state index contributed by atoms with van der Waals surface area (Å²) in [6.45, 7) is 0. The van der Waals surface area contributed by atoms with Crippen molar-refractivity contribution < 1.29 is 26.4 Å². The first-order valence-corrected chi connectivity index (χ1v) is 12.7. The summed E-state index contributed by atoms with van der Waals surface area (Å²) in [5, 5.41) is 0.110. The Kier molecular flexibility index (Phi) is 6.15. The van der Waals surface area contributed by atoms with Gasteiger partial charge in [-0.2, -0.15) is 13.2 Å². The summed E-state index contributed by atoms with van der Waals surface area (Å²) in [7, 11) is -4.88. The van der Waals surface area contributed by atoms with Crippen molar-refractivity contribution in [3.63, 3.8) is 0 Å². The number of benzene rings is 4. The van der Waals surface area contributed by atoms with Crippen LogP contribution in [0.2, 0.25) is 0 Å². The van der Waals surface area contributed by atoms with Crippen LogP contribution in [0.5, 0.6) is 0 Å². The highest BCUT2D eigenvalue weighted by molar-refractivity contribution is 7.90. The van der Waals surface area contributed by atoms with Crippen molar-refractivity contribution in [3.8, 4) is 11.4 Å². The van der Waals surface area contributed by atoms with Gasteiger partial charge in [-0.3, -0.25) is 9.59 Å². The van der Waals surface area contributed by atoms with Crippen molar-refractivity contribution in [3.05, 3.63) is 125 Å². The van der Waals surface area contributed by atoms with Gasteiger partial charge in [0.25, 0.3) is 21.5 Å². The minimum atomic E-state index is -4.95. The van der Waals surface area contributed by atoms with Gasteiger partial charge in [0.15, 0.2) is 0 Å². The maximum atomic E-state index is 13.5. The molecule has 0 spiro atoms. The third-order valence-corrected chi connectivity index (χ3v) is 7.21. The molecule has 7 nitrogen and oxygen atoms in total. The first-order valence-electron chi connectivity index (χ1n) is 11.2. The molecule has 0 fully saturated rings. The van der Waals surface area contributed by atoms with Crippen molar-refractivity contribution >= 4 is 26.8 Å². The molecule has 11 heteroatoms. The van der Waals surface area contributed by atoms with E-state index in [0.717, 1.165) is 18.2 Å². The molecule has 1 aromatic heterocycles. The van der Waals surface area contributed by atoms with E-state index < -0.39 is 38.1 Å². The molecule has 0 aliphatic carbocycles. The first-order chi connectivity index (χ1) is 18.1. The maximum absolute atomic E-state index is 13.5. The second-order valence-corrected chi connectivity index (χ2v) is 9.91. The number of rotatable bonds is 5. The highest BCUT2D eigenvalue weighted by Crippen LogP contribution is 2.34. The summed E-state index contributed by atoms with van der Waals surface area (Å²) in [6, 6.07) is 25.3. The molecule has 5 aromatic rings. The average Bonchev–Trinajstić information content (AvgIpc) is 3.20. The summed E-state index contributed by atoms with van der Waals surface area (Å²) in [4.78, 5) is 25.3. The van der Waals surface area contributed by atoms with E-state index in [1.165, 1.54) is 22.9 Å². The number of fused-ring (bicyclic) bond motifs is 1. The van der Waals surface area contributed by atoms with Gasteiger partial charge in [0, 0.05) is 5.56 Å². The zero-order valence-corrected chi connectivity index (χ0v) is 20.2. The highest BCUT2D eigenvalue weighted by Gasteiger charge is 2.37. The second-order valence-electron chi connectivity index (χ2n) is 8.26. The van der Waals surface area contributed by atoms with Crippen molar-refractivity contribution in [2.24, 2.45) is 0 Å². The molecule has 1 amide bonds. The molecule has 0 saturated carbocycles. The Labute approximate surface area is 214 Å². The van der Waals surface area contributed by atoms with E-state index in [9.17, 15) is 31.2 Å². The molecule has 0 radical (unpaired) electrons. The van der Waals surface area contributed by atoms with E-state index in [-0.39, 0.29) is 10.9 Å². The van der Waals surface area contributed by atoms with Gasteiger partial charge in [0.2, 0.25) is 0 Å². The Bertz CT molecular complexity index is 1830. The molecule has 0 aliphatic heterocycles. The lowest BCUT2D eigenvalue weighted by atomic mass is 10.1. The zero-order valence-electron chi connectivity index (χ0n) is 19.4. The van der Waals surface area contributed by atoms with Gasteiger partial charge >= 0.3 is 6.18 Å². The number of hydrogen-bond acceptors (Lipinski definition) is 4. The van der Waals surface area contributed by atoms with E-state index in [1.807, 2.05) is 6.07 Å². The molecular weight excluding hydrogens is 519 g/mol. The minimum Gasteiger partial charge on any atom is -0.268 e. The topological polar surface area (TPSA) is 90.2 Å². The van der Waals surface area contributed by atoms with Crippen molar-refractivity contribution in [1.29, 1.82) is 0 Å². The van der Waals surface area contributed by atoms with Crippen LogP contribution in [0, 0.1) is 0 Å². The van der Waals surface area contributed by atoms with E-state index in [0.29, 0.717) is 23.0 Å². The molecule has 1 N–H and O–H groups in total. The zero-order chi connectivity index (χ0) is 27.1. The molecule has 0 unspecified atom stereocenters. The normalized spacial score (nSPS) is 12.0. The number of halogens is 3. The summed E-state index contributed by atoms with van der Waals surface area (Å²) in [5.74, 6) is -1.18. The Balaban J connectivity index is 1.61. The number of nitrogens with zero attached hydrogens (tertiary/aromatic N) is 2. The summed E-state index contributed by atoms with van der Waals surface area (Å²) < 4.78 is 70.3. The predicted octanol–water partition coefficient (Wildman–Crippen LogP) is 4.92. The Morgan fingerprint density at radius 2 is 1.29 bits per heavy atom. The Morgan fingerprint density at radius 3 is 1.89 bits per heavy atom. The third kappa shape index (κ3) is 4.48. The smallest absolute Gasteiger partial charge is 0.268 e. The number of aromatic nitrogens is 2. The molecule has 0 saturated heterocycles. The molecule has 0 atom stereocenters. The van der Waals surface area contributed by atoms with Crippen LogP contribution >= 0.6 is 0 Å². The van der Waals surface area contributed by atoms with Crippen LogP contribution in [0.25, 0.3) is 22.3 Å². The number of nitrogens with one attached hydrogen (secondary N) is 1. The monoisotopic (exact) mass is 537 g/mol. The average molecular weight is 538 g/mol. The maximum Gasteiger partial charge on any atom is 0.417 e. The van der Waals surface area contributed by atoms with Crippen LogP contribution in [0.1, 0.15) is 15.9 Å². The first kappa shape index (κ1) is 25.0. The summed E-state index contributed by atoms with van der Waals surface area (Å²) in [6.07, 6.45) is -4.95. The van der Waals surface area contributed by atoms with Gasteiger partial charge in [-0.1, -0.05) is 48.5 Å². The lowest BCUT2D eigenvalue weighted by Crippen LogP contribution is -2.32. The van der Waals surface area contributed by atoms with E-state index in [2.05, 4.69) is 0 Å². The van der Waals surface area contributed by atoms with Gasteiger partial charge in [0.1, 0.15) is 0 Å². The third-order valence-electron chi connectivity index (χ3n) is 5.82. The van der Waals surface area contributed by atoms with Crippen LogP contribution in [0.3, 0.4) is 0 Å². The van der Waals surface area contributed by atoms with Gasteiger partial charge < -0.3 is 0 Å². The molecule has 5 rings (SSSR count). The van der Waals surface area contributed by atoms with Gasteiger partial charge in [-0.15, -0.1) is 0 Å². The van der Waals surface area contributed by atoms with Gasteiger partial charge in [-0.25, -0.2) is 22.5 Å². The molecule has 38 heavy (non-hydrogen) atoms. The van der Waals surface area contributed by atoms with Crippen LogP contribution in [-0.4, -0.2) is 23.7 Å². The summed E-state index contributed by atoms with van der Waals surface area (Å²) in [5.41, 5.74) is -0.446. The van der Waals surface area contributed by atoms with Crippen LogP contribution < -0.4 is 10.3 Å². The van der Waals surface area contributed by atoms with Crippen molar-refractivity contribution in [2.75, 3.05) is 0 Å². The van der Waals surface area contributed by atoms with Crippen LogP contribution in [0.15, 0.2) is 113 Å². The lowest BCUT2D eigenvalue weighted by molar-refractivity contribution is -0.139. The van der Waals surface area contributed by atoms with Crippen molar-refractivity contribution in [1.82, 2.24) is 14.1 Å². The lowest BCUT2D eigenvalue weighted by Gasteiger charge is -2.14. The fourth-order valence-corrected chi connectivity index (χ4v) is 5.35. The predicted molar refractivity (Wildman–Crippen MR) is 135 cm³/mol.